The van der Waals surface area contributed by atoms with Gasteiger partial charge in [0.25, 0.3) is 0 Å². The van der Waals surface area contributed by atoms with Crippen molar-refractivity contribution in [2.24, 2.45) is 0 Å². The van der Waals surface area contributed by atoms with E-state index >= 15 is 0 Å². The maximum absolute atomic E-state index is 5.10. The Labute approximate surface area is 112 Å². The zero-order valence-corrected chi connectivity index (χ0v) is 14.1. The van der Waals surface area contributed by atoms with Gasteiger partial charge in [-0.2, -0.15) is 0 Å². The van der Waals surface area contributed by atoms with Crippen molar-refractivity contribution in [2.75, 3.05) is 0 Å². The van der Waals surface area contributed by atoms with Gasteiger partial charge < -0.3 is 0 Å². The maximum Gasteiger partial charge on any atom is 0.0242 e. The number of benzene rings is 2. The van der Waals surface area contributed by atoms with Crippen LogP contribution in [0.4, 0.5) is 0 Å². The van der Waals surface area contributed by atoms with Crippen molar-refractivity contribution < 1.29 is 27.7 Å². The van der Waals surface area contributed by atoms with Crippen molar-refractivity contribution in [2.45, 2.75) is 0 Å². The third-order valence-electron chi connectivity index (χ3n) is 1.61. The summed E-state index contributed by atoms with van der Waals surface area (Å²) in [5, 5.41) is 0. The Bertz CT molecular complexity index is 346. The van der Waals surface area contributed by atoms with Gasteiger partial charge >= 0.3 is 0 Å². The van der Waals surface area contributed by atoms with Gasteiger partial charge in [0.15, 0.2) is 0 Å². The minimum absolute atomic E-state index is 0. The fraction of sp³-hybridized carbons (Fsp3) is 0. The molecule has 2 aromatic carbocycles. The summed E-state index contributed by atoms with van der Waals surface area (Å²) in [4.78, 5) is 0. The fourth-order valence-corrected chi connectivity index (χ4v) is 0.919. The van der Waals surface area contributed by atoms with Gasteiger partial charge in [-0.05, 0) is 12.1 Å². The summed E-state index contributed by atoms with van der Waals surface area (Å²) < 4.78 is 0. The Morgan fingerprint density at radius 2 is 1.00 bits per heavy atom. The van der Waals surface area contributed by atoms with Crippen LogP contribution in [0.15, 0.2) is 66.7 Å². The summed E-state index contributed by atoms with van der Waals surface area (Å²) in [6.45, 7) is 0. The first kappa shape index (κ1) is 13.9. The summed E-state index contributed by atoms with van der Waals surface area (Å²) in [6, 6.07) is 21.6. The summed E-state index contributed by atoms with van der Waals surface area (Å²) >= 11 is 0. The largest absolute Gasteiger partial charge is 0.115 e. The van der Waals surface area contributed by atoms with Crippen LogP contribution in [0, 0.1) is 12.3 Å². The minimum Gasteiger partial charge on any atom is -0.115 e. The smallest absolute Gasteiger partial charge is 0.0242 e. The summed E-state index contributed by atoms with van der Waals surface area (Å²) in [5.74, 6) is 2.53. The summed E-state index contributed by atoms with van der Waals surface area (Å²) in [5.41, 5.74) is 0.938. The van der Waals surface area contributed by atoms with Crippen LogP contribution in [0.5, 0.6) is 0 Å². The molecule has 0 saturated heterocycles. The molecular weight excluding hydrogens is 369 g/mol. The second kappa shape index (κ2) is 9.49. The van der Waals surface area contributed by atoms with E-state index in [1.54, 1.807) is 0 Å². The van der Waals surface area contributed by atoms with E-state index in [9.17, 15) is 0 Å². The van der Waals surface area contributed by atoms with Crippen LogP contribution in [0.1, 0.15) is 5.56 Å². The molecule has 15 heavy (non-hydrogen) atoms. The summed E-state index contributed by atoms with van der Waals surface area (Å²) in [7, 11) is 0. The third kappa shape index (κ3) is 6.93. The molecule has 0 N–H and O–H groups in total. The van der Waals surface area contributed by atoms with Crippen molar-refractivity contribution in [1.82, 2.24) is 0 Å². The van der Waals surface area contributed by atoms with Crippen LogP contribution in [0.2, 0.25) is 0 Å². The van der Waals surface area contributed by atoms with Crippen LogP contribution in [0.25, 0.3) is 0 Å². The van der Waals surface area contributed by atoms with Gasteiger partial charge in [0.2, 0.25) is 0 Å². The molecule has 0 radical (unpaired) electrons. The van der Waals surface area contributed by atoms with Gasteiger partial charge in [0.05, 0.1) is 0 Å². The average molecular weight is 381 g/mol. The molecule has 0 heterocycles. The van der Waals surface area contributed by atoms with E-state index in [0.29, 0.717) is 0 Å². The second-order valence-electron chi connectivity index (χ2n) is 2.67. The minimum atomic E-state index is 0. The topological polar surface area (TPSA) is 0 Å². The molecule has 2 aromatic rings. The van der Waals surface area contributed by atoms with Crippen LogP contribution < -0.4 is 0 Å². The molecule has 0 aliphatic carbocycles. The summed E-state index contributed by atoms with van der Waals surface area (Å²) in [6.07, 6.45) is 5.10. The van der Waals surface area contributed by atoms with Crippen LogP contribution >= 0.6 is 0 Å². The molecule has 0 nitrogen and oxygen atoms in total. The number of rotatable bonds is 0. The third-order valence-corrected chi connectivity index (χ3v) is 1.61. The first-order chi connectivity index (χ1) is 6.93. The molecule has 0 bridgehead atoms. The fourth-order valence-electron chi connectivity index (χ4n) is 0.919. The second-order valence-corrected chi connectivity index (χ2v) is 2.67. The molecule has 70 valence electrons. The number of hydrogen-bond acceptors (Lipinski definition) is 0. The SMILES string of the molecule is C#Cc1ccccc1.[Hg].c1ccccc1. The van der Waals surface area contributed by atoms with Gasteiger partial charge in [-0.1, -0.05) is 60.5 Å². The molecule has 0 aliphatic rings. The molecule has 0 atom stereocenters. The Hall–Kier alpha value is -1.06. The predicted octanol–water partition coefficient (Wildman–Crippen LogP) is 3.35. The standard InChI is InChI=1S/C8H6.C6H6.Hg/c1-2-8-6-4-3-5-7-8;1-2-4-6-5-3-1;/h1,3-7H;1-6H;. The number of terminal acetylenes is 1. The Kier molecular flexibility index (Phi) is 8.81. The van der Waals surface area contributed by atoms with E-state index in [1.165, 1.54) is 0 Å². The van der Waals surface area contributed by atoms with E-state index < -0.39 is 0 Å². The predicted molar refractivity (Wildman–Crippen MR) is 60.8 cm³/mol. The zero-order chi connectivity index (χ0) is 10.1. The van der Waals surface area contributed by atoms with Crippen molar-refractivity contribution in [3.05, 3.63) is 72.3 Å². The van der Waals surface area contributed by atoms with Crippen LogP contribution in [0.3, 0.4) is 0 Å². The molecule has 1 heteroatoms. The van der Waals surface area contributed by atoms with E-state index in [-0.39, 0.29) is 27.7 Å². The van der Waals surface area contributed by atoms with E-state index in [0.717, 1.165) is 5.56 Å². The van der Waals surface area contributed by atoms with E-state index in [2.05, 4.69) is 5.92 Å². The van der Waals surface area contributed by atoms with Crippen molar-refractivity contribution in [3.63, 3.8) is 0 Å². The Morgan fingerprint density at radius 1 is 0.667 bits per heavy atom. The van der Waals surface area contributed by atoms with Gasteiger partial charge in [0.1, 0.15) is 0 Å². The maximum atomic E-state index is 5.10. The van der Waals surface area contributed by atoms with Crippen molar-refractivity contribution in [3.8, 4) is 12.3 Å². The van der Waals surface area contributed by atoms with Gasteiger partial charge in [0, 0.05) is 33.2 Å². The van der Waals surface area contributed by atoms with Gasteiger partial charge in [-0.25, -0.2) is 0 Å². The molecule has 0 spiro atoms. The van der Waals surface area contributed by atoms with Crippen LogP contribution in [-0.2, 0) is 27.7 Å². The van der Waals surface area contributed by atoms with Gasteiger partial charge in [-0.3, -0.25) is 0 Å². The normalized spacial score (nSPS) is 7.40. The molecule has 0 amide bonds. The first-order valence-corrected chi connectivity index (χ1v) is 4.45. The van der Waals surface area contributed by atoms with E-state index in [4.69, 9.17) is 6.42 Å². The molecular formula is C14H12Hg. The Morgan fingerprint density at radius 3 is 1.27 bits per heavy atom. The number of hydrogen-bond donors (Lipinski definition) is 0. The molecule has 0 unspecified atom stereocenters. The molecule has 2 rings (SSSR count). The first-order valence-electron chi connectivity index (χ1n) is 4.45. The van der Waals surface area contributed by atoms with E-state index in [1.807, 2.05) is 66.7 Å². The molecule has 0 aliphatic heterocycles. The molecule has 0 aromatic heterocycles. The van der Waals surface area contributed by atoms with Crippen molar-refractivity contribution in [1.29, 1.82) is 0 Å². The van der Waals surface area contributed by atoms with Crippen LogP contribution in [-0.4, -0.2) is 0 Å². The Balaban J connectivity index is 0.000000253. The quantitative estimate of drug-likeness (QED) is 0.485. The van der Waals surface area contributed by atoms with Gasteiger partial charge in [-0.15, -0.1) is 6.42 Å². The zero-order valence-electron chi connectivity index (χ0n) is 8.64. The monoisotopic (exact) mass is 382 g/mol. The average Bonchev–Trinajstić information content (AvgIpc) is 2.33. The molecule has 0 fully saturated rings. The van der Waals surface area contributed by atoms with Crippen molar-refractivity contribution >= 4 is 0 Å². The molecule has 0 saturated carbocycles.